The van der Waals surface area contributed by atoms with E-state index in [4.69, 9.17) is 4.42 Å². The Bertz CT molecular complexity index is 1180. The van der Waals surface area contributed by atoms with Gasteiger partial charge in [0.05, 0.1) is 10.2 Å². The zero-order valence-electron chi connectivity index (χ0n) is 16.6. The van der Waals surface area contributed by atoms with Gasteiger partial charge in [-0.05, 0) is 56.2 Å². The van der Waals surface area contributed by atoms with Gasteiger partial charge in [0.2, 0.25) is 11.8 Å². The number of aryl methyl sites for hydroxylation is 2. The average molecular weight is 421 g/mol. The molecule has 0 aliphatic carbocycles. The molecule has 152 valence electrons. The van der Waals surface area contributed by atoms with Crippen LogP contribution in [0.5, 0.6) is 0 Å². The lowest BCUT2D eigenvalue weighted by Gasteiger charge is -2.11. The Morgan fingerprint density at radius 2 is 1.80 bits per heavy atom. The molecule has 9 heteroatoms. The fraction of sp³-hybridized carbons (Fsp3) is 0.190. The molecule has 2 aromatic heterocycles. The monoisotopic (exact) mass is 421 g/mol. The van der Waals surface area contributed by atoms with Crippen molar-refractivity contribution in [3.8, 4) is 17.1 Å². The Morgan fingerprint density at radius 3 is 2.47 bits per heavy atom. The van der Waals surface area contributed by atoms with Gasteiger partial charge in [0.15, 0.2) is 5.16 Å². The summed E-state index contributed by atoms with van der Waals surface area (Å²) in [6, 6.07) is 12.4. The molecular formula is C21H19N5O3S. The molecule has 0 spiro atoms. The van der Waals surface area contributed by atoms with Gasteiger partial charge in [-0.25, -0.2) is 4.98 Å². The van der Waals surface area contributed by atoms with Crippen molar-refractivity contribution in [2.45, 2.75) is 31.2 Å². The Kier molecular flexibility index (Phi) is 5.37. The molecule has 0 bridgehead atoms. The van der Waals surface area contributed by atoms with Crippen LogP contribution in [0.3, 0.4) is 0 Å². The maximum atomic E-state index is 10.8. The third kappa shape index (κ3) is 4.11. The zero-order valence-corrected chi connectivity index (χ0v) is 17.5. The molecule has 2 heterocycles. The van der Waals surface area contributed by atoms with Crippen LogP contribution in [0.25, 0.3) is 17.1 Å². The molecule has 0 saturated heterocycles. The maximum Gasteiger partial charge on any atom is 0.269 e. The number of hydrogen-bond acceptors (Lipinski definition) is 7. The Morgan fingerprint density at radius 1 is 1.10 bits per heavy atom. The van der Waals surface area contributed by atoms with Gasteiger partial charge < -0.3 is 4.42 Å². The van der Waals surface area contributed by atoms with E-state index in [1.807, 2.05) is 17.7 Å². The number of nitrogens with zero attached hydrogens (tertiary/aromatic N) is 5. The van der Waals surface area contributed by atoms with Gasteiger partial charge in [-0.3, -0.25) is 14.7 Å². The highest BCUT2D eigenvalue weighted by Gasteiger charge is 2.19. The number of benzene rings is 2. The third-order valence-electron chi connectivity index (χ3n) is 4.49. The first kappa shape index (κ1) is 19.8. The number of imidazole rings is 1. The molecular weight excluding hydrogens is 402 g/mol. The van der Waals surface area contributed by atoms with Crippen molar-refractivity contribution in [1.82, 2.24) is 19.7 Å². The van der Waals surface area contributed by atoms with Crippen LogP contribution in [0.2, 0.25) is 0 Å². The number of rotatable bonds is 6. The van der Waals surface area contributed by atoms with Crippen LogP contribution in [0.4, 0.5) is 5.69 Å². The highest BCUT2D eigenvalue weighted by molar-refractivity contribution is 7.99. The van der Waals surface area contributed by atoms with E-state index in [1.54, 1.807) is 18.3 Å². The number of aromatic nitrogens is 4. The van der Waals surface area contributed by atoms with Crippen LogP contribution in [-0.2, 0) is 0 Å². The zero-order chi connectivity index (χ0) is 21.3. The molecule has 30 heavy (non-hydrogen) atoms. The van der Waals surface area contributed by atoms with Gasteiger partial charge in [0.1, 0.15) is 0 Å². The molecule has 1 unspecified atom stereocenters. The van der Waals surface area contributed by atoms with Crippen molar-refractivity contribution in [2.75, 3.05) is 0 Å². The Balaban J connectivity index is 1.54. The first-order valence-corrected chi connectivity index (χ1v) is 10.2. The van der Waals surface area contributed by atoms with Crippen LogP contribution in [0.1, 0.15) is 29.2 Å². The second-order valence-electron chi connectivity index (χ2n) is 6.94. The maximum absolute atomic E-state index is 10.8. The minimum absolute atomic E-state index is 0.0145. The molecule has 0 saturated carbocycles. The largest absolute Gasteiger partial charge is 0.419 e. The topological polar surface area (TPSA) is 99.9 Å². The predicted octanol–water partition coefficient (Wildman–Crippen LogP) is 5.30. The number of hydrogen-bond donors (Lipinski definition) is 0. The molecule has 1 atom stereocenters. The van der Waals surface area contributed by atoms with Gasteiger partial charge >= 0.3 is 0 Å². The van der Waals surface area contributed by atoms with Gasteiger partial charge in [0.25, 0.3) is 5.69 Å². The highest BCUT2D eigenvalue weighted by Crippen LogP contribution is 2.35. The van der Waals surface area contributed by atoms with E-state index < -0.39 is 4.92 Å². The number of nitro benzene ring substituents is 1. The number of thioether (sulfide) groups is 1. The van der Waals surface area contributed by atoms with E-state index in [-0.39, 0.29) is 10.9 Å². The lowest BCUT2D eigenvalue weighted by molar-refractivity contribution is -0.384. The minimum Gasteiger partial charge on any atom is -0.419 e. The van der Waals surface area contributed by atoms with E-state index in [0.717, 1.165) is 10.8 Å². The standard InChI is InChI=1S/C21H19N5O3S/c1-13-10-14(2)12-18(11-13)25-9-8-22-21(25)30-15(3)19-23-24-20(29-19)16-4-6-17(7-5-16)26(27)28/h4-12,15H,1-3H3. The summed E-state index contributed by atoms with van der Waals surface area (Å²) in [5.41, 5.74) is 4.07. The molecule has 4 rings (SSSR count). The molecule has 0 aliphatic heterocycles. The minimum atomic E-state index is -0.445. The molecule has 0 fully saturated rings. The first-order valence-electron chi connectivity index (χ1n) is 9.27. The quantitative estimate of drug-likeness (QED) is 0.236. The molecule has 0 radical (unpaired) electrons. The van der Waals surface area contributed by atoms with E-state index in [0.29, 0.717) is 17.3 Å². The number of non-ortho nitro benzene ring substituents is 1. The Labute approximate surface area is 177 Å². The lowest BCUT2D eigenvalue weighted by Crippen LogP contribution is -1.98. The van der Waals surface area contributed by atoms with Gasteiger partial charge in [-0.2, -0.15) is 0 Å². The molecule has 4 aromatic rings. The van der Waals surface area contributed by atoms with E-state index >= 15 is 0 Å². The van der Waals surface area contributed by atoms with Crippen LogP contribution in [-0.4, -0.2) is 24.7 Å². The predicted molar refractivity (Wildman–Crippen MR) is 114 cm³/mol. The van der Waals surface area contributed by atoms with E-state index in [1.165, 1.54) is 35.0 Å². The van der Waals surface area contributed by atoms with Crippen LogP contribution in [0, 0.1) is 24.0 Å². The summed E-state index contributed by atoms with van der Waals surface area (Å²) in [4.78, 5) is 14.8. The average Bonchev–Trinajstić information content (AvgIpc) is 3.37. The molecule has 0 aliphatic rings. The number of nitro groups is 1. The third-order valence-corrected chi connectivity index (χ3v) is 5.56. The van der Waals surface area contributed by atoms with Crippen LogP contribution < -0.4 is 0 Å². The second kappa shape index (κ2) is 8.11. The van der Waals surface area contributed by atoms with Gasteiger partial charge in [-0.1, -0.05) is 17.8 Å². The molecule has 0 amide bonds. The van der Waals surface area contributed by atoms with Crippen molar-refractivity contribution in [1.29, 1.82) is 0 Å². The summed E-state index contributed by atoms with van der Waals surface area (Å²) in [6.45, 7) is 6.11. The molecule has 0 N–H and O–H groups in total. The second-order valence-corrected chi connectivity index (χ2v) is 8.24. The first-order chi connectivity index (χ1) is 14.4. The summed E-state index contributed by atoms with van der Waals surface area (Å²) in [5.74, 6) is 0.785. The lowest BCUT2D eigenvalue weighted by atomic mass is 10.1. The SMILES string of the molecule is Cc1cc(C)cc(-n2ccnc2SC(C)c2nnc(-c3ccc([N+](=O)[O-])cc3)o2)c1. The van der Waals surface area contributed by atoms with Crippen molar-refractivity contribution in [2.24, 2.45) is 0 Å². The van der Waals surface area contributed by atoms with Gasteiger partial charge in [0, 0.05) is 35.8 Å². The van der Waals surface area contributed by atoms with E-state index in [2.05, 4.69) is 47.2 Å². The Hall–Kier alpha value is -3.46. The fourth-order valence-electron chi connectivity index (χ4n) is 3.11. The van der Waals surface area contributed by atoms with Crippen molar-refractivity contribution in [3.63, 3.8) is 0 Å². The summed E-state index contributed by atoms with van der Waals surface area (Å²) in [6.07, 6.45) is 3.70. The molecule has 8 nitrogen and oxygen atoms in total. The van der Waals surface area contributed by atoms with Crippen molar-refractivity contribution < 1.29 is 9.34 Å². The fourth-order valence-corrected chi connectivity index (χ4v) is 4.03. The highest BCUT2D eigenvalue weighted by atomic mass is 32.2. The van der Waals surface area contributed by atoms with Crippen LogP contribution >= 0.6 is 11.8 Å². The van der Waals surface area contributed by atoms with E-state index in [9.17, 15) is 10.1 Å². The normalized spacial score (nSPS) is 12.1. The molecule has 2 aromatic carbocycles. The summed E-state index contributed by atoms with van der Waals surface area (Å²) in [5, 5.41) is 19.7. The summed E-state index contributed by atoms with van der Waals surface area (Å²) in [7, 11) is 0. The van der Waals surface area contributed by atoms with Crippen LogP contribution in [0.15, 0.2) is 64.4 Å². The summed E-state index contributed by atoms with van der Waals surface area (Å²) < 4.78 is 7.85. The van der Waals surface area contributed by atoms with Crippen molar-refractivity contribution in [3.05, 3.63) is 82.0 Å². The smallest absolute Gasteiger partial charge is 0.269 e. The van der Waals surface area contributed by atoms with Gasteiger partial charge in [-0.15, -0.1) is 10.2 Å². The van der Waals surface area contributed by atoms with Crippen molar-refractivity contribution >= 4 is 17.4 Å². The summed E-state index contributed by atoms with van der Waals surface area (Å²) >= 11 is 1.52.